The van der Waals surface area contributed by atoms with Gasteiger partial charge in [0.2, 0.25) is 0 Å². The minimum Gasteiger partial charge on any atom is -0.469 e. The summed E-state index contributed by atoms with van der Waals surface area (Å²) in [7, 11) is 1.37. The fraction of sp³-hybridized carbons (Fsp3) is 0.846. The maximum Gasteiger partial charge on any atom is 0.409 e. The first-order chi connectivity index (χ1) is 16.4. The molecule has 3 nitrogen and oxygen atoms in total. The topological polar surface area (TPSA) is 43.4 Å². The van der Waals surface area contributed by atoms with Crippen LogP contribution in [-0.2, 0) is 14.3 Å². The summed E-state index contributed by atoms with van der Waals surface area (Å²) in [4.78, 5) is 21.4. The number of Topliss-reactive ketones (excluding diaryl/α,β-unsaturated/α-hetero) is 1. The standard InChI is InChI=1S/C13H21F3O2.C13H23F3O/c1-18-12(17)10-8-6-4-2-3-5-7-9-11-13(14,15)16;1-12(17)10-8-6-4-2-3-5-7-9-11-13(14,15)16/h9,11H,2-8,10H2,1H3;2-11H2,1H3/b11-9+;. The summed E-state index contributed by atoms with van der Waals surface area (Å²) in [5.41, 5.74) is 0. The minimum atomic E-state index is -4.19. The number of hydrogen-bond donors (Lipinski definition) is 0. The van der Waals surface area contributed by atoms with Crippen LogP contribution < -0.4 is 0 Å². The van der Waals surface area contributed by atoms with Crippen LogP contribution >= 0.6 is 0 Å². The van der Waals surface area contributed by atoms with Gasteiger partial charge < -0.3 is 9.53 Å². The summed E-state index contributed by atoms with van der Waals surface area (Å²) in [6.45, 7) is 1.60. The molecular weight excluding hydrogens is 474 g/mol. The summed E-state index contributed by atoms with van der Waals surface area (Å²) < 4.78 is 75.2. The van der Waals surface area contributed by atoms with Gasteiger partial charge in [0.25, 0.3) is 0 Å². The molecule has 0 aliphatic carbocycles. The molecule has 0 radical (unpaired) electrons. The van der Waals surface area contributed by atoms with Crippen LogP contribution in [0.15, 0.2) is 12.2 Å². The van der Waals surface area contributed by atoms with E-state index in [0.29, 0.717) is 31.8 Å². The highest BCUT2D eigenvalue weighted by atomic mass is 19.4. The molecule has 0 rings (SSSR count). The van der Waals surface area contributed by atoms with Crippen molar-refractivity contribution in [3.63, 3.8) is 0 Å². The molecule has 0 unspecified atom stereocenters. The first kappa shape index (κ1) is 35.6. The van der Waals surface area contributed by atoms with E-state index >= 15 is 0 Å². The van der Waals surface area contributed by atoms with E-state index in [1.165, 1.54) is 13.2 Å². The Morgan fingerprint density at radius 3 is 1.51 bits per heavy atom. The lowest BCUT2D eigenvalue weighted by molar-refractivity contribution is -0.140. The molecular formula is C26H44F6O3. The number of alkyl halides is 6. The molecule has 0 aliphatic rings. The molecule has 0 aromatic rings. The number of methoxy groups -OCH3 is 1. The Bertz CT molecular complexity index is 542. The van der Waals surface area contributed by atoms with E-state index in [9.17, 15) is 35.9 Å². The maximum absolute atomic E-state index is 11.8. The largest absolute Gasteiger partial charge is 0.469 e. The summed E-state index contributed by atoms with van der Waals surface area (Å²) in [6, 6.07) is 0. The van der Waals surface area contributed by atoms with Gasteiger partial charge in [-0.1, -0.05) is 70.3 Å². The zero-order valence-electron chi connectivity index (χ0n) is 21.4. The molecule has 0 atom stereocenters. The number of halogens is 6. The van der Waals surface area contributed by atoms with Crippen LogP contribution in [0.4, 0.5) is 26.3 Å². The molecule has 0 heterocycles. The lowest BCUT2D eigenvalue weighted by Crippen LogP contribution is -2.06. The number of allylic oxidation sites excluding steroid dienone is 2. The van der Waals surface area contributed by atoms with Gasteiger partial charge in [0.15, 0.2) is 0 Å². The van der Waals surface area contributed by atoms with Crippen molar-refractivity contribution in [2.24, 2.45) is 0 Å². The van der Waals surface area contributed by atoms with E-state index < -0.39 is 18.8 Å². The van der Waals surface area contributed by atoms with Crippen molar-refractivity contribution in [2.75, 3.05) is 7.11 Å². The second kappa shape index (κ2) is 22.9. The average Bonchev–Trinajstić information content (AvgIpc) is 2.74. The van der Waals surface area contributed by atoms with Crippen molar-refractivity contribution in [1.82, 2.24) is 0 Å². The molecule has 208 valence electrons. The Morgan fingerprint density at radius 1 is 0.657 bits per heavy atom. The van der Waals surface area contributed by atoms with Crippen molar-refractivity contribution < 1.29 is 40.7 Å². The van der Waals surface area contributed by atoms with Crippen LogP contribution in [0.25, 0.3) is 0 Å². The Morgan fingerprint density at radius 2 is 1.09 bits per heavy atom. The Labute approximate surface area is 207 Å². The fourth-order valence-electron chi connectivity index (χ4n) is 3.32. The number of hydrogen-bond acceptors (Lipinski definition) is 3. The Balaban J connectivity index is 0. The monoisotopic (exact) mass is 518 g/mol. The van der Waals surface area contributed by atoms with Gasteiger partial charge in [0, 0.05) is 25.3 Å². The van der Waals surface area contributed by atoms with Crippen molar-refractivity contribution in [3.8, 4) is 0 Å². The number of carbonyl (C=O) groups excluding carboxylic acids is 2. The maximum atomic E-state index is 11.8. The first-order valence-electron chi connectivity index (χ1n) is 12.7. The summed E-state index contributed by atoms with van der Waals surface area (Å²) in [6.07, 6.45) is 6.74. The normalized spacial score (nSPS) is 11.9. The quantitative estimate of drug-likeness (QED) is 0.0740. The number of unbranched alkanes of at least 4 members (excludes halogenated alkanes) is 13. The Kier molecular flexibility index (Phi) is 23.3. The second-order valence-corrected chi connectivity index (χ2v) is 8.83. The van der Waals surface area contributed by atoms with Crippen molar-refractivity contribution >= 4 is 11.8 Å². The van der Waals surface area contributed by atoms with Crippen LogP contribution in [0.5, 0.6) is 0 Å². The van der Waals surface area contributed by atoms with Gasteiger partial charge in [-0.25, -0.2) is 0 Å². The summed E-state index contributed by atoms with van der Waals surface area (Å²) in [5, 5.41) is 0. The van der Waals surface area contributed by atoms with Crippen LogP contribution in [0.2, 0.25) is 0 Å². The third-order valence-electron chi connectivity index (χ3n) is 5.28. The van der Waals surface area contributed by atoms with Crippen LogP contribution in [0.1, 0.15) is 122 Å². The molecule has 0 aliphatic heterocycles. The third kappa shape index (κ3) is 37.2. The highest BCUT2D eigenvalue weighted by Crippen LogP contribution is 2.23. The van der Waals surface area contributed by atoms with Gasteiger partial charge in [-0.2, -0.15) is 26.3 Å². The van der Waals surface area contributed by atoms with Gasteiger partial charge in [-0.3, -0.25) is 4.79 Å². The molecule has 0 amide bonds. The van der Waals surface area contributed by atoms with Crippen LogP contribution in [0.3, 0.4) is 0 Å². The molecule has 0 aromatic heterocycles. The van der Waals surface area contributed by atoms with E-state index in [0.717, 1.165) is 77.0 Å². The minimum absolute atomic E-state index is 0.188. The SMILES string of the molecule is CC(=O)CCCCCCCCCCC(F)(F)F.COC(=O)CCCCCCCC/C=C/C(F)(F)F. The second-order valence-electron chi connectivity index (χ2n) is 8.83. The summed E-state index contributed by atoms with van der Waals surface area (Å²) in [5.74, 6) is 0.0458. The third-order valence-corrected chi connectivity index (χ3v) is 5.28. The molecule has 0 fully saturated rings. The molecule has 0 N–H and O–H groups in total. The highest BCUT2D eigenvalue weighted by molar-refractivity contribution is 5.75. The molecule has 0 saturated heterocycles. The Hall–Kier alpha value is -1.54. The highest BCUT2D eigenvalue weighted by Gasteiger charge is 2.25. The molecule has 35 heavy (non-hydrogen) atoms. The number of ether oxygens (including phenoxy) is 1. The summed E-state index contributed by atoms with van der Waals surface area (Å²) >= 11 is 0. The van der Waals surface area contributed by atoms with Gasteiger partial charge in [0.05, 0.1) is 7.11 Å². The zero-order valence-corrected chi connectivity index (χ0v) is 21.4. The van der Waals surface area contributed by atoms with E-state index in [1.807, 2.05) is 0 Å². The van der Waals surface area contributed by atoms with Gasteiger partial charge in [-0.05, 0) is 39.0 Å². The molecule has 0 saturated carbocycles. The van der Waals surface area contributed by atoms with Crippen molar-refractivity contribution in [2.45, 2.75) is 135 Å². The smallest absolute Gasteiger partial charge is 0.409 e. The average molecular weight is 519 g/mol. The lowest BCUT2D eigenvalue weighted by atomic mass is 10.1. The first-order valence-corrected chi connectivity index (χ1v) is 12.7. The molecule has 9 heteroatoms. The van der Waals surface area contributed by atoms with Gasteiger partial charge >= 0.3 is 18.3 Å². The van der Waals surface area contributed by atoms with E-state index in [2.05, 4.69) is 4.74 Å². The van der Waals surface area contributed by atoms with E-state index in [1.54, 1.807) is 6.92 Å². The molecule has 0 bridgehead atoms. The van der Waals surface area contributed by atoms with Crippen LogP contribution in [0, 0.1) is 0 Å². The lowest BCUT2D eigenvalue weighted by Gasteiger charge is -2.05. The van der Waals surface area contributed by atoms with Crippen molar-refractivity contribution in [3.05, 3.63) is 12.2 Å². The molecule has 0 spiro atoms. The van der Waals surface area contributed by atoms with Crippen LogP contribution in [-0.4, -0.2) is 31.2 Å². The van der Waals surface area contributed by atoms with E-state index in [-0.39, 0.29) is 18.2 Å². The zero-order chi connectivity index (χ0) is 27.0. The van der Waals surface area contributed by atoms with Gasteiger partial charge in [0.1, 0.15) is 5.78 Å². The van der Waals surface area contributed by atoms with E-state index in [4.69, 9.17) is 0 Å². The number of ketones is 1. The van der Waals surface area contributed by atoms with Gasteiger partial charge in [-0.15, -0.1) is 0 Å². The number of carbonyl (C=O) groups is 2. The molecule has 0 aromatic carbocycles. The van der Waals surface area contributed by atoms with Crippen molar-refractivity contribution in [1.29, 1.82) is 0 Å². The predicted octanol–water partition coefficient (Wildman–Crippen LogP) is 9.44. The predicted molar refractivity (Wildman–Crippen MR) is 127 cm³/mol. The number of esters is 1. The number of rotatable bonds is 19. The fourth-order valence-corrected chi connectivity index (χ4v) is 3.32.